The summed E-state index contributed by atoms with van der Waals surface area (Å²) in [7, 11) is 0. The molecule has 106 valence electrons. The fraction of sp³-hybridized carbons (Fsp3) is 0.462. The highest BCUT2D eigenvalue weighted by Gasteiger charge is 2.32. The maximum absolute atomic E-state index is 12.7. The number of carbonyl (C=O) groups excluding carboxylic acids is 1. The molecular weight excluding hydrogens is 257 g/mol. The third kappa shape index (κ3) is 4.24. The summed E-state index contributed by atoms with van der Waals surface area (Å²) in [4.78, 5) is 11.6. The molecule has 6 heteroatoms. The van der Waals surface area contributed by atoms with Gasteiger partial charge in [-0.1, -0.05) is 32.0 Å². The maximum atomic E-state index is 12.7. The van der Waals surface area contributed by atoms with Crippen LogP contribution in [0.4, 0.5) is 13.2 Å². The van der Waals surface area contributed by atoms with Gasteiger partial charge in [0.2, 0.25) is 5.91 Å². The van der Waals surface area contributed by atoms with Gasteiger partial charge in [-0.3, -0.25) is 4.79 Å². The average molecular weight is 274 g/mol. The molecule has 0 saturated heterocycles. The van der Waals surface area contributed by atoms with Gasteiger partial charge < -0.3 is 11.1 Å². The third-order valence-electron chi connectivity index (χ3n) is 2.80. The molecule has 1 aromatic rings. The Morgan fingerprint density at radius 3 is 2.42 bits per heavy atom. The van der Waals surface area contributed by atoms with Gasteiger partial charge in [0, 0.05) is 6.54 Å². The van der Waals surface area contributed by atoms with Crippen LogP contribution < -0.4 is 11.1 Å². The smallest absolute Gasteiger partial charge is 0.351 e. The Balaban J connectivity index is 2.77. The van der Waals surface area contributed by atoms with Crippen molar-refractivity contribution < 1.29 is 18.0 Å². The summed E-state index contributed by atoms with van der Waals surface area (Å²) in [5.74, 6) is -0.523. The van der Waals surface area contributed by atoms with Crippen molar-refractivity contribution in [2.24, 2.45) is 11.7 Å². The fourth-order valence-electron chi connectivity index (χ4n) is 1.55. The van der Waals surface area contributed by atoms with Crippen molar-refractivity contribution in [1.29, 1.82) is 0 Å². The lowest BCUT2D eigenvalue weighted by Crippen LogP contribution is -2.43. The second-order valence-corrected chi connectivity index (χ2v) is 4.64. The summed E-state index contributed by atoms with van der Waals surface area (Å²) in [6.45, 7) is 3.36. The Labute approximate surface area is 110 Å². The van der Waals surface area contributed by atoms with Gasteiger partial charge in [-0.15, -0.1) is 0 Å². The number of benzene rings is 1. The zero-order valence-electron chi connectivity index (χ0n) is 10.8. The summed E-state index contributed by atoms with van der Waals surface area (Å²) < 4.78 is 38.2. The maximum Gasteiger partial charge on any atom is 0.416 e. The van der Waals surface area contributed by atoms with E-state index in [9.17, 15) is 18.0 Å². The molecule has 0 radical (unpaired) electrons. The van der Waals surface area contributed by atoms with Crippen LogP contribution in [0, 0.1) is 5.92 Å². The first-order chi connectivity index (χ1) is 8.73. The highest BCUT2D eigenvalue weighted by molar-refractivity contribution is 5.81. The number of hydrogen-bond donors (Lipinski definition) is 2. The van der Waals surface area contributed by atoms with Gasteiger partial charge in [0.25, 0.3) is 0 Å². The van der Waals surface area contributed by atoms with Crippen LogP contribution in [-0.4, -0.2) is 11.9 Å². The number of alkyl halides is 3. The molecule has 0 bridgehead atoms. The Morgan fingerprint density at radius 2 is 1.89 bits per heavy atom. The van der Waals surface area contributed by atoms with Crippen molar-refractivity contribution >= 4 is 5.91 Å². The second kappa shape index (κ2) is 6.06. The summed E-state index contributed by atoms with van der Waals surface area (Å²) in [6, 6.07) is 4.42. The van der Waals surface area contributed by atoms with Crippen LogP contribution in [0.25, 0.3) is 0 Å². The van der Waals surface area contributed by atoms with Gasteiger partial charge in [-0.2, -0.15) is 13.2 Å². The first-order valence-corrected chi connectivity index (χ1v) is 5.92. The first-order valence-electron chi connectivity index (χ1n) is 5.92. The molecule has 0 aromatic heterocycles. The molecule has 0 heterocycles. The van der Waals surface area contributed by atoms with Crippen molar-refractivity contribution in [1.82, 2.24) is 5.32 Å². The molecule has 0 spiro atoms. The Kier molecular flexibility index (Phi) is 4.94. The van der Waals surface area contributed by atoms with Crippen molar-refractivity contribution in [3.63, 3.8) is 0 Å². The number of nitrogens with two attached hydrogens (primary N) is 1. The minimum Gasteiger partial charge on any atom is -0.351 e. The van der Waals surface area contributed by atoms with E-state index in [0.29, 0.717) is 0 Å². The zero-order valence-corrected chi connectivity index (χ0v) is 10.8. The van der Waals surface area contributed by atoms with E-state index in [1.807, 2.05) is 0 Å². The van der Waals surface area contributed by atoms with Crippen LogP contribution in [0.3, 0.4) is 0 Å². The SMILES string of the molecule is CC(C)[C@H](N)C(=O)NCc1ccccc1C(F)(F)F. The fourth-order valence-corrected chi connectivity index (χ4v) is 1.55. The normalized spacial score (nSPS) is 13.4. The first kappa shape index (κ1) is 15.5. The van der Waals surface area contributed by atoms with Crippen LogP contribution in [0.5, 0.6) is 0 Å². The molecule has 3 nitrogen and oxygen atoms in total. The van der Waals surface area contributed by atoms with Crippen molar-refractivity contribution in [2.75, 3.05) is 0 Å². The molecule has 19 heavy (non-hydrogen) atoms. The zero-order chi connectivity index (χ0) is 14.6. The molecule has 1 rings (SSSR count). The number of nitrogens with one attached hydrogen (secondary N) is 1. The number of hydrogen-bond acceptors (Lipinski definition) is 2. The van der Waals surface area contributed by atoms with E-state index in [2.05, 4.69) is 5.32 Å². The van der Waals surface area contributed by atoms with E-state index in [1.54, 1.807) is 13.8 Å². The van der Waals surface area contributed by atoms with E-state index in [0.717, 1.165) is 6.07 Å². The van der Waals surface area contributed by atoms with Crippen molar-refractivity contribution in [2.45, 2.75) is 32.6 Å². The quantitative estimate of drug-likeness (QED) is 0.885. The lowest BCUT2D eigenvalue weighted by molar-refractivity contribution is -0.138. The summed E-state index contributed by atoms with van der Waals surface area (Å²) in [5, 5.41) is 2.43. The Hall–Kier alpha value is -1.56. The largest absolute Gasteiger partial charge is 0.416 e. The molecule has 3 N–H and O–H groups in total. The predicted octanol–water partition coefficient (Wildman–Crippen LogP) is 2.30. The summed E-state index contributed by atoms with van der Waals surface area (Å²) in [5.41, 5.74) is 4.90. The second-order valence-electron chi connectivity index (χ2n) is 4.64. The number of amides is 1. The molecule has 0 fully saturated rings. The highest BCUT2D eigenvalue weighted by Crippen LogP contribution is 2.31. The minimum atomic E-state index is -4.43. The Bertz CT molecular complexity index is 444. The lowest BCUT2D eigenvalue weighted by atomic mass is 10.0. The van der Waals surface area contributed by atoms with Gasteiger partial charge in [-0.05, 0) is 17.5 Å². The minimum absolute atomic E-state index is 0.0271. The average Bonchev–Trinajstić information content (AvgIpc) is 2.34. The number of carbonyl (C=O) groups is 1. The van der Waals surface area contributed by atoms with Crippen LogP contribution in [0.2, 0.25) is 0 Å². The van der Waals surface area contributed by atoms with Gasteiger partial charge in [0.1, 0.15) is 0 Å². The van der Waals surface area contributed by atoms with E-state index >= 15 is 0 Å². The van der Waals surface area contributed by atoms with Crippen molar-refractivity contribution in [3.05, 3.63) is 35.4 Å². The van der Waals surface area contributed by atoms with Crippen LogP contribution >= 0.6 is 0 Å². The molecule has 0 aliphatic rings. The molecular formula is C13H17F3N2O. The predicted molar refractivity (Wildman–Crippen MR) is 66.1 cm³/mol. The molecule has 0 aliphatic carbocycles. The molecule has 1 amide bonds. The monoisotopic (exact) mass is 274 g/mol. The molecule has 1 aromatic carbocycles. The van der Waals surface area contributed by atoms with Crippen molar-refractivity contribution in [3.8, 4) is 0 Å². The van der Waals surface area contributed by atoms with Gasteiger partial charge in [0.05, 0.1) is 11.6 Å². The summed E-state index contributed by atoms with van der Waals surface area (Å²) >= 11 is 0. The van der Waals surface area contributed by atoms with Gasteiger partial charge in [0.15, 0.2) is 0 Å². The third-order valence-corrected chi connectivity index (χ3v) is 2.80. The molecule has 1 atom stereocenters. The molecule has 0 saturated carbocycles. The van der Waals surface area contributed by atoms with E-state index in [-0.39, 0.29) is 18.0 Å². The van der Waals surface area contributed by atoms with E-state index in [1.165, 1.54) is 18.2 Å². The van der Waals surface area contributed by atoms with Gasteiger partial charge >= 0.3 is 6.18 Å². The van der Waals surface area contributed by atoms with E-state index < -0.39 is 23.7 Å². The van der Waals surface area contributed by atoms with E-state index in [4.69, 9.17) is 5.73 Å². The van der Waals surface area contributed by atoms with Gasteiger partial charge in [-0.25, -0.2) is 0 Å². The summed E-state index contributed by atoms with van der Waals surface area (Å²) in [6.07, 6.45) is -4.43. The Morgan fingerprint density at radius 1 is 1.32 bits per heavy atom. The topological polar surface area (TPSA) is 55.1 Å². The standard InChI is InChI=1S/C13H17F3N2O/c1-8(2)11(17)12(19)18-7-9-5-3-4-6-10(9)13(14,15)16/h3-6,8,11H,7,17H2,1-2H3,(H,18,19)/t11-/m0/s1. The lowest BCUT2D eigenvalue weighted by Gasteiger charge is -2.17. The van der Waals surface area contributed by atoms with Crippen LogP contribution in [-0.2, 0) is 17.5 Å². The molecule has 0 unspecified atom stereocenters. The number of halogens is 3. The van der Waals surface area contributed by atoms with Crippen LogP contribution in [0.1, 0.15) is 25.0 Å². The molecule has 0 aliphatic heterocycles. The van der Waals surface area contributed by atoms with Crippen LogP contribution in [0.15, 0.2) is 24.3 Å². The number of rotatable bonds is 4. The highest BCUT2D eigenvalue weighted by atomic mass is 19.4.